The first kappa shape index (κ1) is 11.9. The quantitative estimate of drug-likeness (QED) is 0.732. The first-order valence-corrected chi connectivity index (χ1v) is 5.53. The van der Waals surface area contributed by atoms with E-state index in [-0.39, 0.29) is 12.3 Å². The molecule has 0 atom stereocenters. The van der Waals surface area contributed by atoms with Crippen molar-refractivity contribution in [3.63, 3.8) is 0 Å². The second kappa shape index (κ2) is 5.67. The number of nitrogen functional groups attached to an aromatic ring is 1. The summed E-state index contributed by atoms with van der Waals surface area (Å²) in [5, 5.41) is 9.06. The van der Waals surface area contributed by atoms with Gasteiger partial charge in [0.1, 0.15) is 0 Å². The van der Waals surface area contributed by atoms with Crippen LogP contribution in [0.2, 0.25) is 0 Å². The molecule has 1 aromatic heterocycles. The van der Waals surface area contributed by atoms with E-state index in [1.165, 1.54) is 11.3 Å². The smallest absolute Gasteiger partial charge is 0.358 e. The van der Waals surface area contributed by atoms with E-state index in [2.05, 4.69) is 4.98 Å². The molecule has 0 aliphatic rings. The maximum atomic E-state index is 11.4. The first-order valence-electron chi connectivity index (χ1n) is 4.72. The molecule has 0 saturated heterocycles. The van der Waals surface area contributed by atoms with Gasteiger partial charge in [0, 0.05) is 11.5 Å². The van der Waals surface area contributed by atoms with Crippen molar-refractivity contribution in [1.29, 1.82) is 0 Å². The van der Waals surface area contributed by atoms with Crippen molar-refractivity contribution in [2.45, 2.75) is 19.8 Å². The molecular weight excluding hydrogens is 216 g/mol. The molecule has 1 heterocycles. The van der Waals surface area contributed by atoms with Crippen LogP contribution in [0.4, 0.5) is 5.13 Å². The maximum Gasteiger partial charge on any atom is 0.358 e. The summed E-state index contributed by atoms with van der Waals surface area (Å²) in [6, 6.07) is 0. The second-order valence-corrected chi connectivity index (χ2v) is 3.99. The number of rotatable bonds is 5. The highest BCUT2D eigenvalue weighted by Crippen LogP contribution is 2.22. The van der Waals surface area contributed by atoms with E-state index in [0.717, 1.165) is 4.88 Å². The van der Waals surface area contributed by atoms with Crippen molar-refractivity contribution in [2.24, 2.45) is 0 Å². The number of aliphatic hydroxyl groups excluding tert-OH is 1. The molecule has 0 aliphatic carbocycles. The molecule has 6 heteroatoms. The molecule has 15 heavy (non-hydrogen) atoms. The largest absolute Gasteiger partial charge is 0.461 e. The van der Waals surface area contributed by atoms with Gasteiger partial charge in [-0.15, -0.1) is 11.3 Å². The predicted octanol–water partition coefficient (Wildman–Crippen LogP) is 0.827. The van der Waals surface area contributed by atoms with E-state index in [4.69, 9.17) is 15.6 Å². The van der Waals surface area contributed by atoms with Gasteiger partial charge < -0.3 is 15.6 Å². The van der Waals surface area contributed by atoms with Crippen LogP contribution in [-0.2, 0) is 11.2 Å². The van der Waals surface area contributed by atoms with Crippen LogP contribution < -0.4 is 5.73 Å². The number of carbonyl (C=O) groups excluding carboxylic acids is 1. The molecule has 0 aromatic carbocycles. The number of aromatic nitrogens is 1. The molecule has 1 aromatic rings. The molecule has 0 aliphatic heterocycles. The molecule has 0 unspecified atom stereocenters. The van der Waals surface area contributed by atoms with Crippen molar-refractivity contribution >= 4 is 22.4 Å². The Morgan fingerprint density at radius 3 is 3.00 bits per heavy atom. The molecule has 3 N–H and O–H groups in total. The highest BCUT2D eigenvalue weighted by molar-refractivity contribution is 7.15. The minimum Gasteiger partial charge on any atom is -0.461 e. The molecule has 84 valence electrons. The molecule has 0 saturated carbocycles. The van der Waals surface area contributed by atoms with Gasteiger partial charge in [-0.25, -0.2) is 9.78 Å². The number of hydrogen-bond acceptors (Lipinski definition) is 6. The number of nitrogens with zero attached hydrogens (tertiary/aromatic N) is 1. The Hall–Kier alpha value is -1.14. The molecule has 0 radical (unpaired) electrons. The normalized spacial score (nSPS) is 10.3. The number of thiazole rings is 1. The summed E-state index contributed by atoms with van der Waals surface area (Å²) >= 11 is 1.26. The fourth-order valence-corrected chi connectivity index (χ4v) is 2.00. The van der Waals surface area contributed by atoms with Crippen LogP contribution in [0.1, 0.15) is 28.7 Å². The molecule has 0 fully saturated rings. The lowest BCUT2D eigenvalue weighted by molar-refractivity contribution is 0.0519. The fraction of sp³-hybridized carbons (Fsp3) is 0.556. The highest BCUT2D eigenvalue weighted by atomic mass is 32.1. The Kier molecular flexibility index (Phi) is 4.51. The van der Waals surface area contributed by atoms with Crippen molar-refractivity contribution in [3.8, 4) is 0 Å². The Labute approximate surface area is 91.9 Å². The zero-order chi connectivity index (χ0) is 11.3. The molecule has 0 spiro atoms. The lowest BCUT2D eigenvalue weighted by Gasteiger charge is -2.00. The van der Waals surface area contributed by atoms with Gasteiger partial charge in [-0.1, -0.05) is 0 Å². The Balaban J connectivity index is 2.80. The van der Waals surface area contributed by atoms with Crippen LogP contribution in [-0.4, -0.2) is 29.3 Å². The standard InChI is InChI=1S/C9H14N2O3S/c1-2-14-8(13)7-6(4-3-5-12)15-9(10)11-7/h12H,2-5H2,1H3,(H2,10,11). The summed E-state index contributed by atoms with van der Waals surface area (Å²) in [7, 11) is 0. The minimum absolute atomic E-state index is 0.0834. The fourth-order valence-electron chi connectivity index (χ4n) is 1.14. The third-order valence-corrected chi connectivity index (χ3v) is 2.69. The SMILES string of the molecule is CCOC(=O)c1nc(N)sc1CCCO. The molecular formula is C9H14N2O3S. The van der Waals surface area contributed by atoms with Crippen molar-refractivity contribution in [3.05, 3.63) is 10.6 Å². The average molecular weight is 230 g/mol. The molecule has 0 bridgehead atoms. The van der Waals surface area contributed by atoms with Gasteiger partial charge in [0.15, 0.2) is 10.8 Å². The summed E-state index contributed by atoms with van der Waals surface area (Å²) in [5.74, 6) is -0.446. The number of anilines is 1. The Bertz CT molecular complexity index is 338. The minimum atomic E-state index is -0.446. The van der Waals surface area contributed by atoms with Gasteiger partial charge in [-0.2, -0.15) is 0 Å². The number of hydrogen-bond donors (Lipinski definition) is 2. The van der Waals surface area contributed by atoms with Gasteiger partial charge in [-0.3, -0.25) is 0 Å². The Morgan fingerprint density at radius 2 is 2.40 bits per heavy atom. The number of esters is 1. The lowest BCUT2D eigenvalue weighted by atomic mass is 10.2. The number of aliphatic hydroxyl groups is 1. The lowest BCUT2D eigenvalue weighted by Crippen LogP contribution is -2.08. The Morgan fingerprint density at radius 1 is 1.67 bits per heavy atom. The van der Waals surface area contributed by atoms with E-state index >= 15 is 0 Å². The van der Waals surface area contributed by atoms with E-state index in [0.29, 0.717) is 24.6 Å². The van der Waals surface area contributed by atoms with Crippen LogP contribution >= 0.6 is 11.3 Å². The van der Waals surface area contributed by atoms with Crippen LogP contribution in [0.3, 0.4) is 0 Å². The van der Waals surface area contributed by atoms with E-state index in [1.54, 1.807) is 6.92 Å². The van der Waals surface area contributed by atoms with E-state index in [9.17, 15) is 4.79 Å². The summed E-state index contributed by atoms with van der Waals surface area (Å²) in [5.41, 5.74) is 5.81. The zero-order valence-corrected chi connectivity index (χ0v) is 9.34. The van der Waals surface area contributed by atoms with Crippen LogP contribution in [0, 0.1) is 0 Å². The maximum absolute atomic E-state index is 11.4. The third kappa shape index (κ3) is 3.17. The number of nitrogens with two attached hydrogens (primary N) is 1. The van der Waals surface area contributed by atoms with Gasteiger partial charge in [-0.05, 0) is 19.8 Å². The van der Waals surface area contributed by atoms with Crippen molar-refractivity contribution < 1.29 is 14.6 Å². The van der Waals surface area contributed by atoms with Gasteiger partial charge in [0.2, 0.25) is 0 Å². The van der Waals surface area contributed by atoms with Crippen molar-refractivity contribution in [1.82, 2.24) is 4.98 Å². The van der Waals surface area contributed by atoms with Gasteiger partial charge in [0.25, 0.3) is 0 Å². The van der Waals surface area contributed by atoms with E-state index < -0.39 is 5.97 Å². The number of ether oxygens (including phenoxy) is 1. The predicted molar refractivity (Wildman–Crippen MR) is 57.9 cm³/mol. The summed E-state index contributed by atoms with van der Waals surface area (Å²) in [6.07, 6.45) is 1.19. The van der Waals surface area contributed by atoms with Crippen LogP contribution in [0.5, 0.6) is 0 Å². The van der Waals surface area contributed by atoms with E-state index in [1.807, 2.05) is 0 Å². The van der Waals surface area contributed by atoms with Gasteiger partial charge >= 0.3 is 5.97 Å². The first-order chi connectivity index (χ1) is 7.19. The van der Waals surface area contributed by atoms with Crippen LogP contribution in [0.15, 0.2) is 0 Å². The zero-order valence-electron chi connectivity index (χ0n) is 8.52. The topological polar surface area (TPSA) is 85.4 Å². The van der Waals surface area contributed by atoms with Crippen molar-refractivity contribution in [2.75, 3.05) is 18.9 Å². The highest BCUT2D eigenvalue weighted by Gasteiger charge is 2.17. The molecule has 5 nitrogen and oxygen atoms in total. The number of carbonyl (C=O) groups is 1. The monoisotopic (exact) mass is 230 g/mol. The number of aryl methyl sites for hydroxylation is 1. The second-order valence-electron chi connectivity index (χ2n) is 2.87. The summed E-state index contributed by atoms with van der Waals surface area (Å²) < 4.78 is 4.85. The van der Waals surface area contributed by atoms with Crippen LogP contribution in [0.25, 0.3) is 0 Å². The average Bonchev–Trinajstić information content (AvgIpc) is 2.57. The molecule has 1 rings (SSSR count). The summed E-state index contributed by atoms with van der Waals surface area (Å²) in [4.78, 5) is 16.1. The third-order valence-electron chi connectivity index (χ3n) is 1.74. The van der Waals surface area contributed by atoms with Gasteiger partial charge in [0.05, 0.1) is 6.61 Å². The molecule has 0 amide bonds. The summed E-state index contributed by atoms with van der Waals surface area (Å²) in [6.45, 7) is 2.14.